The van der Waals surface area contributed by atoms with Crippen molar-refractivity contribution in [3.05, 3.63) is 12.2 Å². The first kappa shape index (κ1) is 20.8. The van der Waals surface area contributed by atoms with Crippen LogP contribution in [0.1, 0.15) is 71.1 Å². The highest BCUT2D eigenvalue weighted by molar-refractivity contribution is 6.20. The molecule has 8 nitrogen and oxygen atoms in total. The Morgan fingerprint density at radius 2 is 1.56 bits per heavy atom. The molecule has 0 spiro atoms. The van der Waals surface area contributed by atoms with E-state index in [4.69, 9.17) is 11.5 Å². The number of carbonyl (C=O) groups excluding carboxylic acids is 2. The molecule has 8 heteroatoms. The lowest BCUT2D eigenvalue weighted by atomic mass is 10.0. The molecule has 0 radical (unpaired) electrons. The van der Waals surface area contributed by atoms with Crippen LogP contribution in [0.15, 0.2) is 12.2 Å². The number of unbranched alkanes of at least 4 members (excludes halogenated alkanes) is 8. The highest BCUT2D eigenvalue weighted by Gasteiger charge is 2.39. The summed E-state index contributed by atoms with van der Waals surface area (Å²) in [6, 6.07) is 0. The lowest BCUT2D eigenvalue weighted by Gasteiger charge is -2.12. The van der Waals surface area contributed by atoms with Crippen molar-refractivity contribution in [3.63, 3.8) is 0 Å². The maximum Gasteiger partial charge on any atom is 0.245 e. The molecule has 2 heterocycles. The summed E-state index contributed by atoms with van der Waals surface area (Å²) in [6.45, 7) is 2.23. The van der Waals surface area contributed by atoms with Crippen molar-refractivity contribution in [3.8, 4) is 0 Å². The van der Waals surface area contributed by atoms with Gasteiger partial charge in [0.1, 0.15) is 0 Å². The standard InChI is InChI=1S/C19H30N6O2/c1-2-3-4-5-6-7-8-9-10-11-12-14-13-15(26)25(16(14)27)19-23-17(20)22-18(21)24-19/h11-12,14H,2-10,13H2,1H3,(H4,20,21,22,23,24). The smallest absolute Gasteiger partial charge is 0.245 e. The Morgan fingerprint density at radius 3 is 2.19 bits per heavy atom. The van der Waals surface area contributed by atoms with E-state index in [1.54, 1.807) is 0 Å². The van der Waals surface area contributed by atoms with Gasteiger partial charge >= 0.3 is 0 Å². The number of imide groups is 1. The zero-order valence-electron chi connectivity index (χ0n) is 16.1. The minimum atomic E-state index is -0.481. The molecular weight excluding hydrogens is 344 g/mol. The van der Waals surface area contributed by atoms with Crippen LogP contribution >= 0.6 is 0 Å². The summed E-state index contributed by atoms with van der Waals surface area (Å²) in [7, 11) is 0. The van der Waals surface area contributed by atoms with Crippen LogP contribution in [-0.2, 0) is 9.59 Å². The highest BCUT2D eigenvalue weighted by Crippen LogP contribution is 2.25. The SMILES string of the molecule is CCCCCCCCCCC=CC1CC(=O)N(c2nc(N)nc(N)n2)C1=O. The molecule has 1 aliphatic heterocycles. The zero-order chi connectivity index (χ0) is 19.6. The van der Waals surface area contributed by atoms with Crippen LogP contribution < -0.4 is 16.4 Å². The van der Waals surface area contributed by atoms with Crippen molar-refractivity contribution in [2.45, 2.75) is 71.1 Å². The van der Waals surface area contributed by atoms with Crippen LogP contribution in [0.25, 0.3) is 0 Å². The molecule has 1 aromatic heterocycles. The van der Waals surface area contributed by atoms with Gasteiger partial charge in [0.25, 0.3) is 0 Å². The Bertz CT molecular complexity index is 656. The van der Waals surface area contributed by atoms with E-state index >= 15 is 0 Å². The second-order valence-electron chi connectivity index (χ2n) is 6.92. The summed E-state index contributed by atoms with van der Waals surface area (Å²) in [4.78, 5) is 37.0. The Kier molecular flexibility index (Phi) is 8.16. The van der Waals surface area contributed by atoms with Gasteiger partial charge in [0.15, 0.2) is 0 Å². The molecule has 2 rings (SSSR count). The van der Waals surface area contributed by atoms with Crippen molar-refractivity contribution in [1.29, 1.82) is 0 Å². The fourth-order valence-electron chi connectivity index (χ4n) is 3.17. The van der Waals surface area contributed by atoms with Gasteiger partial charge in [0, 0.05) is 6.42 Å². The monoisotopic (exact) mass is 374 g/mol. The van der Waals surface area contributed by atoms with Crippen LogP contribution in [0.3, 0.4) is 0 Å². The zero-order valence-corrected chi connectivity index (χ0v) is 16.1. The first-order valence-electron chi connectivity index (χ1n) is 9.83. The number of hydrogen-bond donors (Lipinski definition) is 2. The lowest BCUT2D eigenvalue weighted by molar-refractivity contribution is -0.121. The Labute approximate surface area is 160 Å². The molecule has 1 fully saturated rings. The van der Waals surface area contributed by atoms with Gasteiger partial charge in [0.05, 0.1) is 5.92 Å². The molecule has 0 aliphatic carbocycles. The molecule has 1 unspecified atom stereocenters. The fraction of sp³-hybridized carbons (Fsp3) is 0.632. The van der Waals surface area contributed by atoms with Gasteiger partial charge in [0.2, 0.25) is 29.7 Å². The van der Waals surface area contributed by atoms with Gasteiger partial charge < -0.3 is 11.5 Å². The van der Waals surface area contributed by atoms with Gasteiger partial charge in [-0.05, 0) is 12.8 Å². The molecule has 1 aromatic rings. The fourth-order valence-corrected chi connectivity index (χ4v) is 3.17. The maximum absolute atomic E-state index is 12.5. The summed E-state index contributed by atoms with van der Waals surface area (Å²) in [5, 5.41) is 0. The number of nitrogen functional groups attached to an aromatic ring is 2. The number of nitrogens with two attached hydrogens (primary N) is 2. The van der Waals surface area contributed by atoms with Crippen molar-refractivity contribution in [2.75, 3.05) is 16.4 Å². The first-order chi connectivity index (χ1) is 13.0. The van der Waals surface area contributed by atoms with E-state index in [9.17, 15) is 9.59 Å². The second-order valence-corrected chi connectivity index (χ2v) is 6.92. The third kappa shape index (κ3) is 6.30. The Morgan fingerprint density at radius 1 is 0.963 bits per heavy atom. The summed E-state index contributed by atoms with van der Waals surface area (Å²) >= 11 is 0. The van der Waals surface area contributed by atoms with Crippen molar-refractivity contribution in [1.82, 2.24) is 15.0 Å². The topological polar surface area (TPSA) is 128 Å². The average molecular weight is 374 g/mol. The number of amides is 2. The van der Waals surface area contributed by atoms with Crippen LogP contribution in [-0.4, -0.2) is 26.8 Å². The molecule has 1 atom stereocenters. The minimum absolute atomic E-state index is 0.103. The molecule has 4 N–H and O–H groups in total. The Balaban J connectivity index is 1.75. The number of aromatic nitrogens is 3. The predicted molar refractivity (Wildman–Crippen MR) is 106 cm³/mol. The maximum atomic E-state index is 12.5. The van der Waals surface area contributed by atoms with Gasteiger partial charge in [-0.3, -0.25) is 9.59 Å². The number of hydrogen-bond acceptors (Lipinski definition) is 7. The van der Waals surface area contributed by atoms with E-state index in [2.05, 4.69) is 21.9 Å². The minimum Gasteiger partial charge on any atom is -0.368 e. The lowest BCUT2D eigenvalue weighted by Crippen LogP contribution is -2.32. The molecule has 148 valence electrons. The summed E-state index contributed by atoms with van der Waals surface area (Å²) in [5.74, 6) is -1.53. The number of anilines is 3. The van der Waals surface area contributed by atoms with Gasteiger partial charge in [-0.25, -0.2) is 4.90 Å². The largest absolute Gasteiger partial charge is 0.368 e. The van der Waals surface area contributed by atoms with E-state index in [1.165, 1.54) is 44.9 Å². The number of allylic oxidation sites excluding steroid dienone is 1. The summed E-state index contributed by atoms with van der Waals surface area (Å²) in [6.07, 6.45) is 15.0. The first-order valence-corrected chi connectivity index (χ1v) is 9.83. The molecular formula is C19H30N6O2. The molecule has 0 saturated carbocycles. The average Bonchev–Trinajstić information content (AvgIpc) is 2.89. The number of nitrogens with zero attached hydrogens (tertiary/aromatic N) is 4. The molecule has 0 aromatic carbocycles. The van der Waals surface area contributed by atoms with Gasteiger partial charge in [-0.2, -0.15) is 15.0 Å². The van der Waals surface area contributed by atoms with Gasteiger partial charge in [-0.15, -0.1) is 0 Å². The molecule has 27 heavy (non-hydrogen) atoms. The number of carbonyl (C=O) groups is 2. The van der Waals surface area contributed by atoms with Crippen molar-refractivity contribution in [2.24, 2.45) is 5.92 Å². The van der Waals surface area contributed by atoms with E-state index in [0.717, 1.165) is 17.7 Å². The molecule has 2 amide bonds. The normalized spacial score (nSPS) is 17.4. The van der Waals surface area contributed by atoms with Crippen LogP contribution in [0.4, 0.5) is 17.8 Å². The predicted octanol–water partition coefficient (Wildman–Crippen LogP) is 3.00. The van der Waals surface area contributed by atoms with Crippen molar-refractivity contribution < 1.29 is 9.59 Å². The van der Waals surface area contributed by atoms with Crippen molar-refractivity contribution >= 4 is 29.7 Å². The van der Waals surface area contributed by atoms with Crippen LogP contribution in [0.2, 0.25) is 0 Å². The van der Waals surface area contributed by atoms with Crippen LogP contribution in [0, 0.1) is 5.92 Å². The summed E-state index contributed by atoms with van der Waals surface area (Å²) in [5.41, 5.74) is 11.0. The highest BCUT2D eigenvalue weighted by atomic mass is 16.2. The third-order valence-electron chi connectivity index (χ3n) is 4.63. The molecule has 1 aliphatic rings. The molecule has 0 bridgehead atoms. The number of rotatable bonds is 11. The van der Waals surface area contributed by atoms with Gasteiger partial charge in [-0.1, -0.05) is 64.0 Å². The van der Waals surface area contributed by atoms with E-state index in [1.807, 2.05) is 12.2 Å². The quantitative estimate of drug-likeness (QED) is 0.346. The summed E-state index contributed by atoms with van der Waals surface area (Å²) < 4.78 is 0. The Hall–Kier alpha value is -2.51. The van der Waals surface area contributed by atoms with Crippen LogP contribution in [0.5, 0.6) is 0 Å². The third-order valence-corrected chi connectivity index (χ3v) is 4.63. The second kappa shape index (κ2) is 10.6. The van der Waals surface area contributed by atoms with E-state index in [0.29, 0.717) is 0 Å². The van der Waals surface area contributed by atoms with E-state index in [-0.39, 0.29) is 36.1 Å². The van der Waals surface area contributed by atoms with E-state index < -0.39 is 5.92 Å². The molecule has 1 saturated heterocycles.